The van der Waals surface area contributed by atoms with Gasteiger partial charge in [-0.15, -0.1) is 0 Å². The average molecular weight is 382 g/mol. The Kier molecular flexibility index (Phi) is 10.0. The molecule has 0 unspecified atom stereocenters. The standard InChI is InChI=1S/C20H22N4O3.CH4/c21-12-13-22-14-18(20(26)24-27)23-19(25)17-10-8-16(9-11-17)7-6-15-4-2-1-3-5-15;/h1-5,8-11,18,22,27H,12-14,21H2,(H,23,25)(H,24,26);1H4/t18-;/m0./s1. The number of carbonyl (C=O) groups is 2. The largest absolute Gasteiger partial charge is 0.339 e. The molecule has 1 atom stereocenters. The van der Waals surface area contributed by atoms with Gasteiger partial charge >= 0.3 is 0 Å². The van der Waals surface area contributed by atoms with Crippen LogP contribution in [0.15, 0.2) is 54.6 Å². The summed E-state index contributed by atoms with van der Waals surface area (Å²) in [6.45, 7) is 1.03. The summed E-state index contributed by atoms with van der Waals surface area (Å²) in [6.07, 6.45) is 0. The minimum Gasteiger partial charge on any atom is -0.339 e. The molecule has 0 saturated carbocycles. The van der Waals surface area contributed by atoms with E-state index in [2.05, 4.69) is 22.5 Å². The molecule has 0 bridgehead atoms. The zero-order valence-electron chi connectivity index (χ0n) is 14.7. The molecule has 2 aromatic carbocycles. The maximum Gasteiger partial charge on any atom is 0.267 e. The lowest BCUT2D eigenvalue weighted by molar-refractivity contribution is -0.131. The Labute approximate surface area is 165 Å². The molecule has 0 fully saturated rings. The third-order valence-electron chi connectivity index (χ3n) is 3.67. The predicted molar refractivity (Wildman–Crippen MR) is 109 cm³/mol. The minimum absolute atomic E-state index is 0. The maximum absolute atomic E-state index is 12.3. The van der Waals surface area contributed by atoms with Gasteiger partial charge in [-0.05, 0) is 36.4 Å². The second kappa shape index (κ2) is 12.3. The van der Waals surface area contributed by atoms with Gasteiger partial charge in [-0.2, -0.15) is 0 Å². The first-order valence-electron chi connectivity index (χ1n) is 8.46. The molecule has 0 aliphatic heterocycles. The molecule has 2 amide bonds. The highest BCUT2D eigenvalue weighted by atomic mass is 16.5. The third kappa shape index (κ3) is 7.21. The van der Waals surface area contributed by atoms with Crippen molar-refractivity contribution >= 4 is 11.8 Å². The maximum atomic E-state index is 12.3. The number of benzene rings is 2. The first-order chi connectivity index (χ1) is 13.1. The van der Waals surface area contributed by atoms with E-state index >= 15 is 0 Å². The second-order valence-electron chi connectivity index (χ2n) is 5.69. The van der Waals surface area contributed by atoms with Crippen molar-refractivity contribution in [1.82, 2.24) is 16.1 Å². The molecule has 0 aromatic heterocycles. The fourth-order valence-electron chi connectivity index (χ4n) is 2.25. The van der Waals surface area contributed by atoms with Crippen molar-refractivity contribution in [2.75, 3.05) is 19.6 Å². The highest BCUT2D eigenvalue weighted by Crippen LogP contribution is 2.05. The molecule has 7 heteroatoms. The summed E-state index contributed by atoms with van der Waals surface area (Å²) in [5, 5.41) is 14.3. The van der Waals surface area contributed by atoms with Gasteiger partial charge in [0, 0.05) is 36.3 Å². The Bertz CT molecular complexity index is 811. The summed E-state index contributed by atoms with van der Waals surface area (Å²) < 4.78 is 0. The molecule has 2 rings (SSSR count). The number of carbonyl (C=O) groups excluding carboxylic acids is 2. The summed E-state index contributed by atoms with van der Waals surface area (Å²) in [4.78, 5) is 24.0. The number of hydrogen-bond donors (Lipinski definition) is 5. The summed E-state index contributed by atoms with van der Waals surface area (Å²) in [5.74, 6) is 4.93. The molecular formula is C21H26N4O3. The van der Waals surface area contributed by atoms with Crippen LogP contribution in [0.25, 0.3) is 0 Å². The van der Waals surface area contributed by atoms with Crippen molar-refractivity contribution in [2.45, 2.75) is 13.5 Å². The lowest BCUT2D eigenvalue weighted by Crippen LogP contribution is -2.51. The molecule has 0 radical (unpaired) electrons. The molecule has 0 heterocycles. The van der Waals surface area contributed by atoms with Crippen molar-refractivity contribution in [2.24, 2.45) is 5.73 Å². The van der Waals surface area contributed by atoms with Crippen molar-refractivity contribution in [3.05, 3.63) is 71.3 Å². The molecule has 6 N–H and O–H groups in total. The van der Waals surface area contributed by atoms with Crippen molar-refractivity contribution in [1.29, 1.82) is 0 Å². The topological polar surface area (TPSA) is 116 Å². The predicted octanol–water partition coefficient (Wildman–Crippen LogP) is 0.875. The van der Waals surface area contributed by atoms with E-state index in [0.717, 1.165) is 11.1 Å². The van der Waals surface area contributed by atoms with Crippen LogP contribution < -0.4 is 21.8 Å². The SMILES string of the molecule is C.NCCNC[C@H](NC(=O)c1ccc(C#Cc2ccccc2)cc1)C(=O)NO. The summed E-state index contributed by atoms with van der Waals surface area (Å²) in [7, 11) is 0. The van der Waals surface area contributed by atoms with Crippen LogP contribution >= 0.6 is 0 Å². The molecule has 0 spiro atoms. The van der Waals surface area contributed by atoms with E-state index in [-0.39, 0.29) is 14.0 Å². The Morgan fingerprint density at radius 1 is 1.00 bits per heavy atom. The van der Waals surface area contributed by atoms with Crippen molar-refractivity contribution < 1.29 is 14.8 Å². The van der Waals surface area contributed by atoms with E-state index in [0.29, 0.717) is 18.7 Å². The Morgan fingerprint density at radius 3 is 2.18 bits per heavy atom. The Morgan fingerprint density at radius 2 is 1.61 bits per heavy atom. The minimum atomic E-state index is -0.924. The van der Waals surface area contributed by atoms with Crippen LogP contribution in [0, 0.1) is 11.8 Å². The van der Waals surface area contributed by atoms with Gasteiger partial charge < -0.3 is 16.4 Å². The molecule has 148 valence electrons. The molecule has 7 nitrogen and oxygen atoms in total. The average Bonchev–Trinajstić information content (AvgIpc) is 2.72. The van der Waals surface area contributed by atoms with Crippen LogP contribution in [0.1, 0.15) is 28.9 Å². The fraction of sp³-hybridized carbons (Fsp3) is 0.238. The van der Waals surface area contributed by atoms with Crippen LogP contribution in [0.2, 0.25) is 0 Å². The van der Waals surface area contributed by atoms with Crippen molar-refractivity contribution in [3.8, 4) is 11.8 Å². The number of hydrogen-bond acceptors (Lipinski definition) is 5. The number of hydroxylamine groups is 1. The van der Waals surface area contributed by atoms with Gasteiger partial charge in [0.05, 0.1) is 0 Å². The zero-order chi connectivity index (χ0) is 19.5. The highest BCUT2D eigenvalue weighted by molar-refractivity contribution is 5.97. The monoisotopic (exact) mass is 382 g/mol. The molecule has 0 aliphatic carbocycles. The van der Waals surface area contributed by atoms with Gasteiger partial charge in [0.2, 0.25) is 0 Å². The van der Waals surface area contributed by atoms with E-state index in [9.17, 15) is 9.59 Å². The summed E-state index contributed by atoms with van der Waals surface area (Å²) >= 11 is 0. The number of nitrogens with one attached hydrogen (secondary N) is 3. The Hall–Kier alpha value is -3.18. The van der Waals surface area contributed by atoms with E-state index in [4.69, 9.17) is 10.9 Å². The van der Waals surface area contributed by atoms with Gasteiger partial charge in [0.1, 0.15) is 6.04 Å². The van der Waals surface area contributed by atoms with Crippen LogP contribution in [-0.2, 0) is 4.79 Å². The summed E-state index contributed by atoms with van der Waals surface area (Å²) in [6, 6.07) is 15.4. The highest BCUT2D eigenvalue weighted by Gasteiger charge is 2.20. The van der Waals surface area contributed by atoms with Gasteiger partial charge in [0.25, 0.3) is 11.8 Å². The zero-order valence-corrected chi connectivity index (χ0v) is 14.7. The number of amides is 2. The van der Waals surface area contributed by atoms with Gasteiger partial charge in [-0.25, -0.2) is 5.48 Å². The quantitative estimate of drug-likeness (QED) is 0.211. The first-order valence-corrected chi connectivity index (χ1v) is 8.46. The molecule has 0 saturated heterocycles. The Balaban J connectivity index is 0.00000392. The second-order valence-corrected chi connectivity index (χ2v) is 5.69. The first kappa shape index (κ1) is 22.9. The van der Waals surface area contributed by atoms with E-state index in [1.54, 1.807) is 29.7 Å². The van der Waals surface area contributed by atoms with Crippen LogP contribution in [0.3, 0.4) is 0 Å². The van der Waals surface area contributed by atoms with Crippen molar-refractivity contribution in [3.63, 3.8) is 0 Å². The van der Waals surface area contributed by atoms with E-state index in [1.807, 2.05) is 30.3 Å². The smallest absolute Gasteiger partial charge is 0.267 e. The van der Waals surface area contributed by atoms with Gasteiger partial charge in [-0.3, -0.25) is 14.8 Å². The van der Waals surface area contributed by atoms with E-state index in [1.165, 1.54) is 0 Å². The van der Waals surface area contributed by atoms with Gasteiger partial charge in [0.15, 0.2) is 0 Å². The fourth-order valence-corrected chi connectivity index (χ4v) is 2.25. The van der Waals surface area contributed by atoms with Crippen LogP contribution in [0.4, 0.5) is 0 Å². The lowest BCUT2D eigenvalue weighted by Gasteiger charge is -2.17. The molecule has 0 aliphatic rings. The normalized spacial score (nSPS) is 10.6. The van der Waals surface area contributed by atoms with Crippen LogP contribution in [-0.4, -0.2) is 42.7 Å². The summed E-state index contributed by atoms with van der Waals surface area (Å²) in [5.41, 5.74) is 8.98. The molecule has 28 heavy (non-hydrogen) atoms. The lowest BCUT2D eigenvalue weighted by atomic mass is 10.1. The molecular weight excluding hydrogens is 356 g/mol. The van der Waals surface area contributed by atoms with E-state index < -0.39 is 17.9 Å². The molecule has 2 aromatic rings. The van der Waals surface area contributed by atoms with Crippen LogP contribution in [0.5, 0.6) is 0 Å². The number of nitrogens with two attached hydrogens (primary N) is 1. The third-order valence-corrected chi connectivity index (χ3v) is 3.67. The van der Waals surface area contributed by atoms with Gasteiger partial charge in [-0.1, -0.05) is 37.5 Å². The number of rotatable bonds is 7.